The molecule has 2 rings (SSSR count). The first-order valence-corrected chi connectivity index (χ1v) is 7.14. The van der Waals surface area contributed by atoms with E-state index in [-0.39, 0.29) is 11.6 Å². The van der Waals surface area contributed by atoms with Gasteiger partial charge in [-0.15, -0.1) is 0 Å². The van der Waals surface area contributed by atoms with Crippen molar-refractivity contribution in [3.8, 4) is 0 Å². The largest absolute Gasteiger partial charge is 0.322 e. The van der Waals surface area contributed by atoms with Crippen molar-refractivity contribution in [2.45, 2.75) is 13.3 Å². The van der Waals surface area contributed by atoms with Crippen molar-refractivity contribution >= 4 is 33.2 Å². The molecule has 0 spiro atoms. The third-order valence-electron chi connectivity index (χ3n) is 3.01. The van der Waals surface area contributed by atoms with Crippen molar-refractivity contribution < 1.29 is 9.72 Å². The minimum Gasteiger partial charge on any atom is -0.322 e. The third-order valence-corrected chi connectivity index (χ3v) is 3.50. The molecule has 2 aromatic rings. The summed E-state index contributed by atoms with van der Waals surface area (Å²) in [5.41, 5.74) is 1.54. The molecule has 0 bridgehead atoms. The summed E-state index contributed by atoms with van der Waals surface area (Å²) < 4.78 is 0.794. The number of nitro benzene ring substituents is 1. The second-order valence-corrected chi connectivity index (χ2v) is 5.33. The molecule has 0 heterocycles. The van der Waals surface area contributed by atoms with Gasteiger partial charge in [-0.05, 0) is 30.7 Å². The Bertz CT molecular complexity index is 701. The molecule has 5 nitrogen and oxygen atoms in total. The van der Waals surface area contributed by atoms with Crippen LogP contribution >= 0.6 is 15.9 Å². The summed E-state index contributed by atoms with van der Waals surface area (Å²) in [5.74, 6) is -0.310. The smallest absolute Gasteiger partial charge is 0.274 e. The minimum absolute atomic E-state index is 0.0181. The van der Waals surface area contributed by atoms with Gasteiger partial charge in [0, 0.05) is 27.4 Å². The predicted octanol–water partition coefficient (Wildman–Crippen LogP) is 4.17. The van der Waals surface area contributed by atoms with E-state index in [1.807, 2.05) is 13.0 Å². The van der Waals surface area contributed by atoms with Crippen LogP contribution < -0.4 is 5.32 Å². The van der Waals surface area contributed by atoms with Crippen LogP contribution in [0.4, 0.5) is 11.4 Å². The third kappa shape index (κ3) is 3.66. The lowest BCUT2D eigenvalue weighted by atomic mass is 10.1. The number of hydrogen-bond donors (Lipinski definition) is 1. The predicted molar refractivity (Wildman–Crippen MR) is 84.6 cm³/mol. The Balaban J connectivity index is 2.25. The first-order chi connectivity index (χ1) is 10.0. The van der Waals surface area contributed by atoms with E-state index in [2.05, 4.69) is 21.2 Å². The average molecular weight is 349 g/mol. The summed E-state index contributed by atoms with van der Waals surface area (Å²) in [6.07, 6.45) is 0.566. The normalized spacial score (nSPS) is 10.2. The molecule has 0 aromatic heterocycles. The second-order valence-electron chi connectivity index (χ2n) is 4.42. The summed E-state index contributed by atoms with van der Waals surface area (Å²) in [5, 5.41) is 13.7. The maximum absolute atomic E-state index is 12.1. The van der Waals surface area contributed by atoms with Gasteiger partial charge in [-0.2, -0.15) is 0 Å². The molecule has 0 atom stereocenters. The Labute approximate surface area is 130 Å². The van der Waals surface area contributed by atoms with Crippen LogP contribution in [0.1, 0.15) is 22.8 Å². The van der Waals surface area contributed by atoms with E-state index in [0.29, 0.717) is 23.2 Å². The summed E-state index contributed by atoms with van der Waals surface area (Å²) in [4.78, 5) is 22.7. The molecule has 1 amide bonds. The summed E-state index contributed by atoms with van der Waals surface area (Å²) in [7, 11) is 0. The molecule has 108 valence electrons. The Morgan fingerprint density at radius 2 is 2.05 bits per heavy atom. The number of halogens is 1. The van der Waals surface area contributed by atoms with Crippen LogP contribution in [0.2, 0.25) is 0 Å². The SMILES string of the molecule is CCc1ccc(NC(=O)c2cccc(Br)c2)cc1[N+](=O)[O-]. The molecular weight excluding hydrogens is 336 g/mol. The van der Waals surface area contributed by atoms with Gasteiger partial charge in [0.2, 0.25) is 0 Å². The zero-order chi connectivity index (χ0) is 15.4. The molecule has 0 fully saturated rings. The van der Waals surface area contributed by atoms with Crippen LogP contribution in [0.3, 0.4) is 0 Å². The van der Waals surface area contributed by atoms with Crippen molar-refractivity contribution in [2.24, 2.45) is 0 Å². The molecule has 0 saturated carbocycles. The van der Waals surface area contributed by atoms with Crippen LogP contribution in [0.15, 0.2) is 46.9 Å². The highest BCUT2D eigenvalue weighted by molar-refractivity contribution is 9.10. The molecule has 6 heteroatoms. The average Bonchev–Trinajstić information content (AvgIpc) is 2.47. The number of rotatable bonds is 4. The first-order valence-electron chi connectivity index (χ1n) is 6.35. The number of hydrogen-bond acceptors (Lipinski definition) is 3. The zero-order valence-electron chi connectivity index (χ0n) is 11.3. The molecule has 21 heavy (non-hydrogen) atoms. The standard InChI is InChI=1S/C15H13BrN2O3/c1-2-10-6-7-13(9-14(10)18(20)21)17-15(19)11-4-3-5-12(16)8-11/h3-9H,2H2,1H3,(H,17,19). The number of carbonyl (C=O) groups excluding carboxylic acids is 1. The molecule has 2 aromatic carbocycles. The zero-order valence-corrected chi connectivity index (χ0v) is 12.9. The van der Waals surface area contributed by atoms with Crippen molar-refractivity contribution in [3.05, 3.63) is 68.2 Å². The number of amides is 1. The number of benzene rings is 2. The quantitative estimate of drug-likeness (QED) is 0.665. The van der Waals surface area contributed by atoms with Crippen molar-refractivity contribution in [2.75, 3.05) is 5.32 Å². The molecule has 0 aliphatic rings. The van der Waals surface area contributed by atoms with Crippen molar-refractivity contribution in [1.82, 2.24) is 0 Å². The van der Waals surface area contributed by atoms with Crippen molar-refractivity contribution in [3.63, 3.8) is 0 Å². The maximum atomic E-state index is 12.1. The number of carbonyl (C=O) groups is 1. The molecule has 0 unspecified atom stereocenters. The van der Waals surface area contributed by atoms with Gasteiger partial charge in [-0.1, -0.05) is 35.0 Å². The molecule has 0 saturated heterocycles. The summed E-state index contributed by atoms with van der Waals surface area (Å²) >= 11 is 3.30. The Hall–Kier alpha value is -2.21. The van der Waals surface area contributed by atoms with E-state index in [1.165, 1.54) is 6.07 Å². The molecule has 0 aliphatic heterocycles. The summed E-state index contributed by atoms with van der Waals surface area (Å²) in [6, 6.07) is 11.6. The number of nitrogens with zero attached hydrogens (tertiary/aromatic N) is 1. The number of aryl methyl sites for hydroxylation is 1. The fourth-order valence-electron chi connectivity index (χ4n) is 1.94. The number of nitro groups is 1. The van der Waals surface area contributed by atoms with Gasteiger partial charge in [-0.3, -0.25) is 14.9 Å². The van der Waals surface area contributed by atoms with E-state index in [4.69, 9.17) is 0 Å². The van der Waals surface area contributed by atoms with E-state index in [0.717, 1.165) is 4.47 Å². The first kappa shape index (κ1) is 15.2. The highest BCUT2D eigenvalue weighted by Crippen LogP contribution is 2.24. The molecule has 1 N–H and O–H groups in total. The fourth-order valence-corrected chi connectivity index (χ4v) is 2.34. The maximum Gasteiger partial charge on any atom is 0.274 e. The van der Waals surface area contributed by atoms with Crippen LogP contribution in [-0.4, -0.2) is 10.8 Å². The van der Waals surface area contributed by atoms with Gasteiger partial charge in [-0.25, -0.2) is 0 Å². The van der Waals surface area contributed by atoms with E-state index in [1.54, 1.807) is 30.3 Å². The topological polar surface area (TPSA) is 72.2 Å². The second kappa shape index (κ2) is 6.49. The van der Waals surface area contributed by atoms with Crippen LogP contribution in [0.25, 0.3) is 0 Å². The van der Waals surface area contributed by atoms with E-state index < -0.39 is 4.92 Å². The van der Waals surface area contributed by atoms with Gasteiger partial charge in [0.05, 0.1) is 4.92 Å². The molecule has 0 radical (unpaired) electrons. The highest BCUT2D eigenvalue weighted by atomic mass is 79.9. The fraction of sp³-hybridized carbons (Fsp3) is 0.133. The van der Waals surface area contributed by atoms with Gasteiger partial charge >= 0.3 is 0 Å². The van der Waals surface area contributed by atoms with E-state index in [9.17, 15) is 14.9 Å². The Morgan fingerprint density at radius 1 is 1.29 bits per heavy atom. The van der Waals surface area contributed by atoms with E-state index >= 15 is 0 Å². The van der Waals surface area contributed by atoms with Gasteiger partial charge < -0.3 is 5.32 Å². The lowest BCUT2D eigenvalue weighted by Gasteiger charge is -2.07. The molecular formula is C15H13BrN2O3. The van der Waals surface area contributed by atoms with Crippen LogP contribution in [-0.2, 0) is 6.42 Å². The van der Waals surface area contributed by atoms with Gasteiger partial charge in [0.15, 0.2) is 0 Å². The molecule has 0 aliphatic carbocycles. The highest BCUT2D eigenvalue weighted by Gasteiger charge is 2.14. The van der Waals surface area contributed by atoms with Gasteiger partial charge in [0.25, 0.3) is 11.6 Å². The monoisotopic (exact) mass is 348 g/mol. The number of nitrogens with one attached hydrogen (secondary N) is 1. The van der Waals surface area contributed by atoms with Crippen LogP contribution in [0, 0.1) is 10.1 Å². The minimum atomic E-state index is -0.437. The van der Waals surface area contributed by atoms with Crippen LogP contribution in [0.5, 0.6) is 0 Å². The Morgan fingerprint density at radius 3 is 2.67 bits per heavy atom. The van der Waals surface area contributed by atoms with Gasteiger partial charge in [0.1, 0.15) is 0 Å². The summed E-state index contributed by atoms with van der Waals surface area (Å²) in [6.45, 7) is 1.85. The lowest BCUT2D eigenvalue weighted by molar-refractivity contribution is -0.385. The number of anilines is 1. The lowest BCUT2D eigenvalue weighted by Crippen LogP contribution is -2.12. The Kier molecular flexibility index (Phi) is 4.70. The van der Waals surface area contributed by atoms with Crippen molar-refractivity contribution in [1.29, 1.82) is 0 Å².